The van der Waals surface area contributed by atoms with Gasteiger partial charge in [-0.1, -0.05) is 41.9 Å². The number of nitrogens with one attached hydrogen (secondary N) is 1. The molecule has 1 saturated heterocycles. The predicted molar refractivity (Wildman–Crippen MR) is 98.3 cm³/mol. The Bertz CT molecular complexity index is 728. The highest BCUT2D eigenvalue weighted by Gasteiger charge is 2.24. The molecule has 1 atom stereocenters. The minimum absolute atomic E-state index is 0.0734. The van der Waals surface area contributed by atoms with E-state index in [0.717, 1.165) is 17.7 Å². The maximum atomic E-state index is 14.0. The summed E-state index contributed by atoms with van der Waals surface area (Å²) in [6.45, 7) is 1.22. The quantitative estimate of drug-likeness (QED) is 0.795. The highest BCUT2D eigenvalue weighted by Crippen LogP contribution is 2.35. The first-order valence-corrected chi connectivity index (χ1v) is 9.24. The Morgan fingerprint density at radius 3 is 2.71 bits per heavy atom. The molecule has 0 spiro atoms. The van der Waals surface area contributed by atoms with Crippen molar-refractivity contribution in [1.29, 1.82) is 0 Å². The first-order chi connectivity index (χ1) is 11.6. The van der Waals surface area contributed by atoms with Gasteiger partial charge in [0.1, 0.15) is 5.82 Å². The normalized spacial score (nSPS) is 18.1. The number of anilines is 1. The number of thioether (sulfide) groups is 1. The van der Waals surface area contributed by atoms with Crippen LogP contribution in [-0.4, -0.2) is 29.8 Å². The van der Waals surface area contributed by atoms with Crippen molar-refractivity contribution in [2.75, 3.05) is 24.2 Å². The second-order valence-corrected chi connectivity index (χ2v) is 7.28. The highest BCUT2D eigenvalue weighted by atomic mass is 35.5. The van der Waals surface area contributed by atoms with Gasteiger partial charge < -0.3 is 10.2 Å². The molecule has 24 heavy (non-hydrogen) atoms. The van der Waals surface area contributed by atoms with Crippen LogP contribution < -0.4 is 5.32 Å². The fraction of sp³-hybridized carbons (Fsp3) is 0.278. The van der Waals surface area contributed by atoms with Crippen molar-refractivity contribution in [3.05, 3.63) is 64.9 Å². The van der Waals surface area contributed by atoms with Gasteiger partial charge in [0.2, 0.25) is 0 Å². The largest absolute Gasteiger partial charge is 0.324 e. The number of benzene rings is 2. The van der Waals surface area contributed by atoms with Gasteiger partial charge in [0, 0.05) is 29.7 Å². The molecule has 0 aliphatic carbocycles. The van der Waals surface area contributed by atoms with Crippen LogP contribution in [0.1, 0.15) is 17.2 Å². The van der Waals surface area contributed by atoms with E-state index in [1.54, 1.807) is 34.9 Å². The van der Waals surface area contributed by atoms with Gasteiger partial charge in [-0.2, -0.15) is 11.8 Å². The molecule has 2 aromatic carbocycles. The zero-order chi connectivity index (χ0) is 16.9. The number of para-hydroxylation sites is 1. The van der Waals surface area contributed by atoms with E-state index < -0.39 is 0 Å². The van der Waals surface area contributed by atoms with E-state index in [0.29, 0.717) is 23.8 Å². The van der Waals surface area contributed by atoms with E-state index in [9.17, 15) is 9.18 Å². The Morgan fingerprint density at radius 2 is 1.92 bits per heavy atom. The Kier molecular flexibility index (Phi) is 5.63. The average Bonchev–Trinajstić information content (AvgIpc) is 2.83. The van der Waals surface area contributed by atoms with Gasteiger partial charge >= 0.3 is 6.03 Å². The van der Waals surface area contributed by atoms with Crippen LogP contribution in [0.4, 0.5) is 14.9 Å². The summed E-state index contributed by atoms with van der Waals surface area (Å²) in [5, 5.41) is 3.43. The molecule has 0 bridgehead atoms. The molecule has 0 aromatic heterocycles. The summed E-state index contributed by atoms with van der Waals surface area (Å²) in [7, 11) is 0. The summed E-state index contributed by atoms with van der Waals surface area (Å²) in [5.41, 5.74) is 1.32. The zero-order valence-electron chi connectivity index (χ0n) is 13.0. The number of urea groups is 1. The van der Waals surface area contributed by atoms with Gasteiger partial charge in [-0.15, -0.1) is 0 Å². The highest BCUT2D eigenvalue weighted by molar-refractivity contribution is 7.99. The number of hydrogen-bond acceptors (Lipinski definition) is 2. The van der Waals surface area contributed by atoms with Crippen molar-refractivity contribution >= 4 is 35.1 Å². The van der Waals surface area contributed by atoms with Gasteiger partial charge in [0.15, 0.2) is 0 Å². The average molecular weight is 365 g/mol. The SMILES string of the molecule is O=C(Nc1ccccc1Cl)N1CCSC(c2ccccc2F)CC1. The predicted octanol–water partition coefficient (Wildman–Crippen LogP) is 5.19. The molecule has 1 heterocycles. The lowest BCUT2D eigenvalue weighted by molar-refractivity contribution is 0.215. The third kappa shape index (κ3) is 4.02. The number of carbonyl (C=O) groups excluding carboxylic acids is 1. The second kappa shape index (κ2) is 7.90. The van der Waals surface area contributed by atoms with Crippen molar-refractivity contribution in [2.24, 2.45) is 0 Å². The molecule has 1 unspecified atom stereocenters. The smallest absolute Gasteiger partial charge is 0.321 e. The van der Waals surface area contributed by atoms with E-state index in [1.165, 1.54) is 6.07 Å². The van der Waals surface area contributed by atoms with Crippen molar-refractivity contribution in [3.8, 4) is 0 Å². The molecule has 126 valence electrons. The van der Waals surface area contributed by atoms with Crippen LogP contribution in [0.5, 0.6) is 0 Å². The Labute approximate surface area is 150 Å². The Balaban J connectivity index is 1.64. The van der Waals surface area contributed by atoms with Gasteiger partial charge in [-0.3, -0.25) is 0 Å². The summed E-state index contributed by atoms with van der Waals surface area (Å²) in [4.78, 5) is 14.2. The molecule has 0 saturated carbocycles. The van der Waals surface area contributed by atoms with Crippen LogP contribution in [0.2, 0.25) is 5.02 Å². The molecule has 3 rings (SSSR count). The summed E-state index contributed by atoms with van der Waals surface area (Å²) in [6.07, 6.45) is 0.724. The summed E-state index contributed by atoms with van der Waals surface area (Å²) in [5.74, 6) is 0.596. The van der Waals surface area contributed by atoms with E-state index in [2.05, 4.69) is 5.32 Å². The number of halogens is 2. The lowest BCUT2D eigenvalue weighted by atomic mass is 10.1. The third-order valence-electron chi connectivity index (χ3n) is 4.00. The molecule has 0 radical (unpaired) electrons. The topological polar surface area (TPSA) is 32.3 Å². The zero-order valence-corrected chi connectivity index (χ0v) is 14.6. The monoisotopic (exact) mass is 364 g/mol. The van der Waals surface area contributed by atoms with Crippen LogP contribution in [-0.2, 0) is 0 Å². The molecular weight excluding hydrogens is 347 g/mol. The molecule has 2 amide bonds. The summed E-state index contributed by atoms with van der Waals surface area (Å²) >= 11 is 7.78. The maximum absolute atomic E-state index is 14.0. The fourth-order valence-corrected chi connectivity index (χ4v) is 4.15. The molecule has 6 heteroatoms. The number of hydrogen-bond donors (Lipinski definition) is 1. The lowest BCUT2D eigenvalue weighted by Gasteiger charge is -2.21. The second-order valence-electron chi connectivity index (χ2n) is 5.57. The van der Waals surface area contributed by atoms with Crippen molar-refractivity contribution in [3.63, 3.8) is 0 Å². The standard InChI is InChI=1S/C18H18ClFN2OS/c19-14-6-2-4-8-16(14)21-18(23)22-10-9-17(24-12-11-22)13-5-1-3-7-15(13)20/h1-8,17H,9-12H2,(H,21,23). The molecule has 3 nitrogen and oxygen atoms in total. The van der Waals surface area contributed by atoms with Crippen molar-refractivity contribution < 1.29 is 9.18 Å². The first kappa shape index (κ1) is 17.1. The number of nitrogens with zero attached hydrogens (tertiary/aromatic N) is 1. The van der Waals surface area contributed by atoms with Gasteiger partial charge in [0.25, 0.3) is 0 Å². The van der Waals surface area contributed by atoms with Crippen LogP contribution in [0, 0.1) is 5.82 Å². The van der Waals surface area contributed by atoms with Crippen LogP contribution in [0.25, 0.3) is 0 Å². The van der Waals surface area contributed by atoms with Gasteiger partial charge in [-0.25, -0.2) is 9.18 Å². The van der Waals surface area contributed by atoms with Gasteiger partial charge in [0.05, 0.1) is 10.7 Å². The van der Waals surface area contributed by atoms with E-state index in [1.807, 2.05) is 24.3 Å². The third-order valence-corrected chi connectivity index (χ3v) is 5.64. The molecular formula is C18H18ClFN2OS. The molecule has 2 aromatic rings. The number of carbonyl (C=O) groups is 1. The van der Waals surface area contributed by atoms with E-state index in [4.69, 9.17) is 11.6 Å². The maximum Gasteiger partial charge on any atom is 0.321 e. The Morgan fingerprint density at radius 1 is 1.17 bits per heavy atom. The fourth-order valence-electron chi connectivity index (χ4n) is 2.71. The first-order valence-electron chi connectivity index (χ1n) is 7.81. The Hall–Kier alpha value is -1.72. The van der Waals surface area contributed by atoms with Crippen LogP contribution >= 0.6 is 23.4 Å². The molecule has 1 N–H and O–H groups in total. The van der Waals surface area contributed by atoms with E-state index >= 15 is 0 Å². The van der Waals surface area contributed by atoms with Gasteiger partial charge in [-0.05, 0) is 24.6 Å². The summed E-state index contributed by atoms with van der Waals surface area (Å²) < 4.78 is 14.0. The molecule has 1 aliphatic rings. The molecule has 1 aliphatic heterocycles. The number of rotatable bonds is 2. The summed E-state index contributed by atoms with van der Waals surface area (Å²) in [6, 6.07) is 13.9. The van der Waals surface area contributed by atoms with Crippen molar-refractivity contribution in [1.82, 2.24) is 4.90 Å². The lowest BCUT2D eigenvalue weighted by Crippen LogP contribution is -2.36. The van der Waals surface area contributed by atoms with E-state index in [-0.39, 0.29) is 17.1 Å². The minimum atomic E-state index is -0.177. The van der Waals surface area contributed by atoms with Crippen molar-refractivity contribution in [2.45, 2.75) is 11.7 Å². The van der Waals surface area contributed by atoms with Crippen LogP contribution in [0.3, 0.4) is 0 Å². The number of amides is 2. The van der Waals surface area contributed by atoms with Crippen LogP contribution in [0.15, 0.2) is 48.5 Å². The molecule has 1 fully saturated rings. The minimum Gasteiger partial charge on any atom is -0.324 e.